The Hall–Kier alpha value is -0.920. The Morgan fingerprint density at radius 1 is 1.57 bits per heavy atom. The van der Waals surface area contributed by atoms with Gasteiger partial charge in [0.05, 0.1) is 7.11 Å². The van der Waals surface area contributed by atoms with E-state index in [0.29, 0.717) is 5.57 Å². The molecule has 0 atom stereocenters. The summed E-state index contributed by atoms with van der Waals surface area (Å²) in [6.07, 6.45) is 1.65. The Labute approximate surface area is 83.7 Å². The summed E-state index contributed by atoms with van der Waals surface area (Å²) in [6, 6.07) is 0. The molecule has 0 radical (unpaired) electrons. The lowest BCUT2D eigenvalue weighted by Gasteiger charge is -1.93. The Bertz CT molecular complexity index is 282. The normalized spacial score (nSPS) is 9.93. The summed E-state index contributed by atoms with van der Waals surface area (Å²) < 4.78 is 29.7. The van der Waals surface area contributed by atoms with Gasteiger partial charge in [-0.3, -0.25) is 13.5 Å². The maximum Gasteiger partial charge on any atom is 0.397 e. The van der Waals surface area contributed by atoms with E-state index in [4.69, 9.17) is 10.3 Å². The van der Waals surface area contributed by atoms with Gasteiger partial charge in [-0.25, -0.2) is 0 Å². The van der Waals surface area contributed by atoms with Crippen molar-refractivity contribution in [3.8, 4) is 0 Å². The summed E-state index contributed by atoms with van der Waals surface area (Å²) in [5.41, 5.74) is 5.40. The number of carbonyl (C=O) groups excluding carboxylic acids is 1. The van der Waals surface area contributed by atoms with Crippen LogP contribution >= 0.6 is 0 Å². The molecular weight excluding hydrogens is 210 g/mol. The first kappa shape index (κ1) is 15.5. The fourth-order valence-electron chi connectivity index (χ4n) is 0.425. The topological polar surface area (TPSA) is 107 Å². The highest BCUT2D eigenvalue weighted by molar-refractivity contribution is 7.80. The zero-order valence-electron chi connectivity index (χ0n) is 8.19. The predicted octanol–water partition coefficient (Wildman–Crippen LogP) is 0.264. The van der Waals surface area contributed by atoms with Crippen LogP contribution in [0.3, 0.4) is 0 Å². The molecule has 0 saturated carbocycles. The number of nitrogens with two attached hydrogens (primary N) is 1. The number of hydrogen-bond acceptors (Lipinski definition) is 4. The summed E-state index contributed by atoms with van der Waals surface area (Å²) in [5, 5.41) is 0. The molecule has 3 N–H and O–H groups in total. The average Bonchev–Trinajstić information content (AvgIpc) is 2.04. The molecule has 14 heavy (non-hydrogen) atoms. The van der Waals surface area contributed by atoms with Gasteiger partial charge in [-0.05, 0) is 6.42 Å². The van der Waals surface area contributed by atoms with E-state index in [1.165, 1.54) is 0 Å². The van der Waals surface area contributed by atoms with Crippen molar-refractivity contribution in [2.24, 2.45) is 5.73 Å². The number of amides is 1. The van der Waals surface area contributed by atoms with Gasteiger partial charge in [0.1, 0.15) is 0 Å². The molecule has 0 saturated heterocycles. The highest BCUT2D eigenvalue weighted by Gasteiger charge is 1.96. The summed E-state index contributed by atoms with van der Waals surface area (Å²) in [6.45, 7) is 5.45. The van der Waals surface area contributed by atoms with Crippen molar-refractivity contribution in [1.29, 1.82) is 0 Å². The molecule has 0 aliphatic heterocycles. The number of rotatable bonds is 4. The van der Waals surface area contributed by atoms with Crippen LogP contribution in [0.25, 0.3) is 0 Å². The minimum Gasteiger partial charge on any atom is -0.366 e. The first-order chi connectivity index (χ1) is 6.24. The van der Waals surface area contributed by atoms with Crippen LogP contribution < -0.4 is 5.73 Å². The Kier molecular flexibility index (Phi) is 8.31. The van der Waals surface area contributed by atoms with Gasteiger partial charge < -0.3 is 5.73 Å². The van der Waals surface area contributed by atoms with Gasteiger partial charge in [0.2, 0.25) is 5.91 Å². The van der Waals surface area contributed by atoms with E-state index in [1.54, 1.807) is 0 Å². The van der Waals surface area contributed by atoms with Gasteiger partial charge >= 0.3 is 10.4 Å². The highest BCUT2D eigenvalue weighted by Crippen LogP contribution is 1.98. The van der Waals surface area contributed by atoms with Crippen molar-refractivity contribution in [1.82, 2.24) is 0 Å². The highest BCUT2D eigenvalue weighted by atomic mass is 32.3. The van der Waals surface area contributed by atoms with E-state index >= 15 is 0 Å². The van der Waals surface area contributed by atoms with Crippen molar-refractivity contribution in [2.75, 3.05) is 7.11 Å². The van der Waals surface area contributed by atoms with Crippen LogP contribution in [0.1, 0.15) is 19.8 Å². The molecular formula is C7H15NO5S. The summed E-state index contributed by atoms with van der Waals surface area (Å²) in [4.78, 5) is 10.2. The lowest BCUT2D eigenvalue weighted by molar-refractivity contribution is -0.114. The zero-order chi connectivity index (χ0) is 11.8. The third kappa shape index (κ3) is 13.7. The second kappa shape index (κ2) is 7.48. The van der Waals surface area contributed by atoms with Crippen LogP contribution in [0.2, 0.25) is 0 Å². The van der Waals surface area contributed by atoms with Crippen LogP contribution in [-0.2, 0) is 19.4 Å². The lowest BCUT2D eigenvalue weighted by Crippen LogP contribution is -2.12. The molecule has 0 aromatic carbocycles. The minimum absolute atomic E-state index is 0.383. The summed E-state index contributed by atoms with van der Waals surface area (Å²) >= 11 is 0. The van der Waals surface area contributed by atoms with Crippen LogP contribution in [0, 0.1) is 0 Å². The molecule has 84 valence electrons. The SMILES string of the molecule is C=C(CCC)C(N)=O.COS(=O)(=O)O. The van der Waals surface area contributed by atoms with Gasteiger partial charge in [-0.15, -0.1) is 0 Å². The number of hydrogen-bond donors (Lipinski definition) is 2. The van der Waals surface area contributed by atoms with Gasteiger partial charge in [-0.2, -0.15) is 8.42 Å². The first-order valence-electron chi connectivity index (χ1n) is 3.75. The molecule has 0 bridgehead atoms. The maximum atomic E-state index is 10.2. The standard InChI is InChI=1S/C6H11NO.CH4O4S/c1-3-4-5(2)6(7)8;1-5-6(2,3)4/h2-4H2,1H3,(H2,7,8);1H3,(H,2,3,4). The van der Waals surface area contributed by atoms with Crippen molar-refractivity contribution < 1.29 is 21.9 Å². The van der Waals surface area contributed by atoms with Crippen molar-refractivity contribution in [2.45, 2.75) is 19.8 Å². The second-order valence-corrected chi connectivity index (χ2v) is 3.50. The van der Waals surface area contributed by atoms with Crippen LogP contribution in [0.4, 0.5) is 0 Å². The third-order valence-electron chi connectivity index (χ3n) is 1.11. The quantitative estimate of drug-likeness (QED) is 0.527. The molecule has 1 amide bonds. The Morgan fingerprint density at radius 2 is 1.93 bits per heavy atom. The van der Waals surface area contributed by atoms with Gasteiger partial charge in [0, 0.05) is 5.57 Å². The molecule has 0 aromatic rings. The fourth-order valence-corrected chi connectivity index (χ4v) is 0.425. The zero-order valence-corrected chi connectivity index (χ0v) is 9.00. The van der Waals surface area contributed by atoms with E-state index in [-0.39, 0.29) is 5.91 Å². The van der Waals surface area contributed by atoms with Crippen LogP contribution in [0.5, 0.6) is 0 Å². The minimum atomic E-state index is -4.16. The average molecular weight is 225 g/mol. The largest absolute Gasteiger partial charge is 0.397 e. The number of primary amides is 1. The molecule has 0 aliphatic rings. The third-order valence-corrected chi connectivity index (χ3v) is 1.53. The van der Waals surface area contributed by atoms with E-state index < -0.39 is 10.4 Å². The summed E-state index contributed by atoms with van der Waals surface area (Å²) in [5.74, 6) is -0.383. The van der Waals surface area contributed by atoms with E-state index in [9.17, 15) is 13.2 Å². The van der Waals surface area contributed by atoms with Crippen LogP contribution in [-0.4, -0.2) is 26.0 Å². The van der Waals surface area contributed by atoms with Crippen molar-refractivity contribution >= 4 is 16.3 Å². The molecule has 6 nitrogen and oxygen atoms in total. The van der Waals surface area contributed by atoms with E-state index in [2.05, 4.69) is 10.8 Å². The first-order valence-corrected chi connectivity index (χ1v) is 5.11. The maximum absolute atomic E-state index is 10.2. The Balaban J connectivity index is 0. The van der Waals surface area contributed by atoms with Gasteiger partial charge in [0.15, 0.2) is 0 Å². The molecule has 0 fully saturated rings. The summed E-state index contributed by atoms with van der Waals surface area (Å²) in [7, 11) is -3.29. The smallest absolute Gasteiger partial charge is 0.366 e. The van der Waals surface area contributed by atoms with E-state index in [0.717, 1.165) is 20.0 Å². The fraction of sp³-hybridized carbons (Fsp3) is 0.571. The Morgan fingerprint density at radius 3 is 2.00 bits per heavy atom. The van der Waals surface area contributed by atoms with Crippen LogP contribution in [0.15, 0.2) is 12.2 Å². The van der Waals surface area contributed by atoms with Gasteiger partial charge in [0.25, 0.3) is 0 Å². The van der Waals surface area contributed by atoms with Gasteiger partial charge in [-0.1, -0.05) is 19.9 Å². The monoisotopic (exact) mass is 225 g/mol. The van der Waals surface area contributed by atoms with E-state index in [1.807, 2.05) is 6.92 Å². The molecule has 0 unspecified atom stereocenters. The lowest BCUT2D eigenvalue weighted by atomic mass is 10.2. The predicted molar refractivity (Wildman–Crippen MR) is 51.8 cm³/mol. The number of carbonyl (C=O) groups is 1. The molecule has 7 heteroatoms. The second-order valence-electron chi connectivity index (χ2n) is 2.31. The molecule has 0 heterocycles. The molecule has 0 rings (SSSR count). The molecule has 0 aliphatic carbocycles. The van der Waals surface area contributed by atoms with Crippen molar-refractivity contribution in [3.63, 3.8) is 0 Å². The molecule has 0 aromatic heterocycles. The molecule has 0 spiro atoms. The van der Waals surface area contributed by atoms with Crippen molar-refractivity contribution in [3.05, 3.63) is 12.2 Å².